The maximum absolute atomic E-state index is 11.6. The van der Waals surface area contributed by atoms with Crippen molar-refractivity contribution in [1.82, 2.24) is 0 Å². The van der Waals surface area contributed by atoms with Crippen LogP contribution >= 0.6 is 0 Å². The predicted molar refractivity (Wildman–Crippen MR) is 24.5 cm³/mol. The molecule has 0 bridgehead atoms. The van der Waals surface area contributed by atoms with Crippen molar-refractivity contribution in [3.63, 3.8) is 0 Å². The quantitative estimate of drug-likeness (QED) is 0.456. The summed E-state index contributed by atoms with van der Waals surface area (Å²) in [5.74, 6) is 0. The topological polar surface area (TPSA) is 35.5 Å². The average molecular weight is 212 g/mol. The standard InChI is InChI=1S/C3H2F4O2.CF2O/c4-2(5)1-8-3(6,7)9-2;2-1(3)4/h1H2;. The highest BCUT2D eigenvalue weighted by atomic mass is 19.3. The second-order valence-electron chi connectivity index (χ2n) is 1.72. The lowest BCUT2D eigenvalue weighted by atomic mass is 10.7. The van der Waals surface area contributed by atoms with Gasteiger partial charge in [0.25, 0.3) is 0 Å². The van der Waals surface area contributed by atoms with Crippen LogP contribution in [0.5, 0.6) is 0 Å². The maximum Gasteiger partial charge on any atom is 0.490 e. The fourth-order valence-electron chi connectivity index (χ4n) is 0.401. The Morgan fingerprint density at radius 1 is 1.15 bits per heavy atom. The monoisotopic (exact) mass is 212 g/mol. The van der Waals surface area contributed by atoms with Gasteiger partial charge in [-0.2, -0.15) is 8.78 Å². The molecule has 0 amide bonds. The lowest BCUT2D eigenvalue weighted by Gasteiger charge is -2.05. The summed E-state index contributed by atoms with van der Waals surface area (Å²) in [7, 11) is 0. The van der Waals surface area contributed by atoms with Crippen LogP contribution in [0.25, 0.3) is 0 Å². The van der Waals surface area contributed by atoms with E-state index in [4.69, 9.17) is 4.79 Å². The minimum absolute atomic E-state index is 1.39. The molecule has 1 saturated heterocycles. The summed E-state index contributed by atoms with van der Waals surface area (Å²) in [5, 5.41) is 0. The number of rotatable bonds is 0. The van der Waals surface area contributed by atoms with Gasteiger partial charge in [-0.3, -0.25) is 4.74 Å². The molecule has 0 radical (unpaired) electrons. The molecule has 0 aromatic rings. The molecule has 78 valence electrons. The Labute approximate surface area is 67.2 Å². The molecular weight excluding hydrogens is 210 g/mol. The molecule has 3 nitrogen and oxygen atoms in total. The van der Waals surface area contributed by atoms with Crippen LogP contribution in [-0.4, -0.2) is 25.3 Å². The van der Waals surface area contributed by atoms with Gasteiger partial charge in [-0.05, 0) is 0 Å². The van der Waals surface area contributed by atoms with E-state index < -0.39 is 25.3 Å². The first-order chi connectivity index (χ1) is 5.65. The Morgan fingerprint density at radius 3 is 1.62 bits per heavy atom. The van der Waals surface area contributed by atoms with Gasteiger partial charge in [-0.1, -0.05) is 0 Å². The Bertz CT molecular complexity index is 174. The molecule has 1 aliphatic rings. The van der Waals surface area contributed by atoms with Gasteiger partial charge < -0.3 is 0 Å². The first-order valence-electron chi connectivity index (χ1n) is 2.59. The largest absolute Gasteiger partial charge is 0.490 e. The summed E-state index contributed by atoms with van der Waals surface area (Å²) in [6, 6.07) is 0. The number of hydrogen-bond donors (Lipinski definition) is 0. The van der Waals surface area contributed by atoms with Crippen LogP contribution in [0.3, 0.4) is 0 Å². The van der Waals surface area contributed by atoms with Crippen LogP contribution < -0.4 is 0 Å². The molecule has 0 aromatic heterocycles. The van der Waals surface area contributed by atoms with Crippen LogP contribution in [0, 0.1) is 0 Å². The molecule has 1 aliphatic heterocycles. The summed E-state index contributed by atoms with van der Waals surface area (Å²) in [4.78, 5) is 8.11. The Morgan fingerprint density at radius 2 is 1.54 bits per heavy atom. The van der Waals surface area contributed by atoms with Crippen LogP contribution in [0.1, 0.15) is 0 Å². The van der Waals surface area contributed by atoms with Crippen LogP contribution in [-0.2, 0) is 9.47 Å². The minimum atomic E-state index is -4.12. The van der Waals surface area contributed by atoms with Crippen molar-refractivity contribution < 1.29 is 40.6 Å². The van der Waals surface area contributed by atoms with Crippen molar-refractivity contribution >= 4 is 6.29 Å². The molecule has 0 saturated carbocycles. The molecule has 1 rings (SSSR count). The Kier molecular flexibility index (Phi) is 3.67. The van der Waals surface area contributed by atoms with Crippen molar-refractivity contribution in [1.29, 1.82) is 0 Å². The van der Waals surface area contributed by atoms with E-state index in [9.17, 15) is 26.3 Å². The first kappa shape index (κ1) is 12.2. The molecule has 0 N–H and O–H groups in total. The van der Waals surface area contributed by atoms with Crippen molar-refractivity contribution in [3.05, 3.63) is 0 Å². The zero-order valence-corrected chi connectivity index (χ0v) is 5.70. The molecule has 9 heteroatoms. The Balaban J connectivity index is 0.000000310. The van der Waals surface area contributed by atoms with E-state index >= 15 is 0 Å². The number of carbonyl (C=O) groups excluding carboxylic acids is 1. The molecule has 1 heterocycles. The molecule has 0 aliphatic carbocycles. The second kappa shape index (κ2) is 3.92. The highest BCUT2D eigenvalue weighted by Gasteiger charge is 2.54. The predicted octanol–water partition coefficient (Wildman–Crippen LogP) is 2.22. The number of halogens is 6. The van der Waals surface area contributed by atoms with Crippen molar-refractivity contribution in [2.75, 3.05) is 6.61 Å². The lowest BCUT2D eigenvalue weighted by Crippen LogP contribution is -2.22. The average Bonchev–Trinajstić information content (AvgIpc) is 2.02. The lowest BCUT2D eigenvalue weighted by molar-refractivity contribution is -0.385. The third-order valence-electron chi connectivity index (χ3n) is 0.676. The smallest absolute Gasteiger partial charge is 0.286 e. The highest BCUT2D eigenvalue weighted by Crippen LogP contribution is 2.35. The summed E-state index contributed by atoms with van der Waals surface area (Å²) in [6.07, 6.45) is -10.8. The van der Waals surface area contributed by atoms with Gasteiger partial charge >= 0.3 is 18.7 Å². The van der Waals surface area contributed by atoms with Crippen LogP contribution in [0.4, 0.5) is 31.1 Å². The van der Waals surface area contributed by atoms with E-state index in [0.717, 1.165) is 0 Å². The fraction of sp³-hybridized carbons (Fsp3) is 0.750. The van der Waals surface area contributed by atoms with Crippen LogP contribution in [0.2, 0.25) is 0 Å². The normalized spacial score (nSPS) is 23.2. The molecule has 0 aromatic carbocycles. The Hall–Kier alpha value is -0.830. The molecular formula is C4H2F6O3. The highest BCUT2D eigenvalue weighted by molar-refractivity contribution is 5.55. The number of alkyl halides is 4. The SMILES string of the molecule is FC1(F)COC(F)(F)O1.O=C(F)F. The fourth-order valence-corrected chi connectivity index (χ4v) is 0.401. The first-order valence-corrected chi connectivity index (χ1v) is 2.59. The van der Waals surface area contributed by atoms with Gasteiger partial charge in [-0.15, -0.1) is 17.6 Å². The van der Waals surface area contributed by atoms with Gasteiger partial charge in [0, 0.05) is 0 Å². The zero-order chi connectivity index (χ0) is 10.7. The third-order valence-corrected chi connectivity index (χ3v) is 0.676. The summed E-state index contributed by atoms with van der Waals surface area (Å²) in [6.45, 7) is -1.39. The minimum Gasteiger partial charge on any atom is -0.286 e. The van der Waals surface area contributed by atoms with E-state index in [1.165, 1.54) is 0 Å². The van der Waals surface area contributed by atoms with E-state index in [-0.39, 0.29) is 0 Å². The molecule has 0 spiro atoms. The van der Waals surface area contributed by atoms with E-state index in [0.29, 0.717) is 0 Å². The van der Waals surface area contributed by atoms with Gasteiger partial charge in [0.2, 0.25) is 0 Å². The van der Waals surface area contributed by atoms with E-state index in [2.05, 4.69) is 9.47 Å². The number of carbonyl (C=O) groups is 1. The maximum atomic E-state index is 11.6. The van der Waals surface area contributed by atoms with Gasteiger partial charge in [0.15, 0.2) is 0 Å². The summed E-state index contributed by atoms with van der Waals surface area (Å²) >= 11 is 0. The molecule has 0 unspecified atom stereocenters. The van der Waals surface area contributed by atoms with Crippen molar-refractivity contribution in [3.8, 4) is 0 Å². The molecule has 13 heavy (non-hydrogen) atoms. The molecule has 1 fully saturated rings. The van der Waals surface area contributed by atoms with Crippen LogP contribution in [0.15, 0.2) is 0 Å². The molecule has 0 atom stereocenters. The van der Waals surface area contributed by atoms with E-state index in [1.807, 2.05) is 0 Å². The van der Waals surface area contributed by atoms with Gasteiger partial charge in [0.05, 0.1) is 0 Å². The second-order valence-corrected chi connectivity index (χ2v) is 1.72. The van der Waals surface area contributed by atoms with Crippen molar-refractivity contribution in [2.45, 2.75) is 12.4 Å². The summed E-state index contributed by atoms with van der Waals surface area (Å²) < 4.78 is 71.7. The van der Waals surface area contributed by atoms with Gasteiger partial charge in [-0.25, -0.2) is 9.53 Å². The van der Waals surface area contributed by atoms with E-state index in [1.54, 1.807) is 0 Å². The zero-order valence-electron chi connectivity index (χ0n) is 5.70. The van der Waals surface area contributed by atoms with Crippen molar-refractivity contribution in [2.24, 2.45) is 0 Å². The number of ether oxygens (including phenoxy) is 2. The summed E-state index contributed by atoms with van der Waals surface area (Å²) in [5.41, 5.74) is 0. The third kappa shape index (κ3) is 6.34. The van der Waals surface area contributed by atoms with Gasteiger partial charge in [0.1, 0.15) is 6.61 Å². The number of hydrogen-bond acceptors (Lipinski definition) is 3.